The SMILES string of the molecule is CN1CCC(S(=O)(=O)CCO)CC1. The normalized spacial score (nSPS) is 22.0. The Labute approximate surface area is 79.5 Å². The lowest BCUT2D eigenvalue weighted by Crippen LogP contribution is -2.38. The molecule has 0 aromatic rings. The van der Waals surface area contributed by atoms with Crippen molar-refractivity contribution < 1.29 is 13.5 Å². The third-order valence-corrected chi connectivity index (χ3v) is 4.79. The van der Waals surface area contributed by atoms with Crippen LogP contribution in [0.4, 0.5) is 0 Å². The molecule has 1 rings (SSSR count). The van der Waals surface area contributed by atoms with Gasteiger partial charge in [0.1, 0.15) is 0 Å². The largest absolute Gasteiger partial charge is 0.395 e. The zero-order valence-corrected chi connectivity index (χ0v) is 8.76. The van der Waals surface area contributed by atoms with Crippen molar-refractivity contribution in [2.24, 2.45) is 0 Å². The number of hydrogen-bond acceptors (Lipinski definition) is 4. The van der Waals surface area contributed by atoms with Gasteiger partial charge in [-0.15, -0.1) is 0 Å². The van der Waals surface area contributed by atoms with Gasteiger partial charge in [-0.2, -0.15) is 0 Å². The quantitative estimate of drug-likeness (QED) is 0.677. The number of aliphatic hydroxyl groups is 1. The standard InChI is InChI=1S/C8H17NO3S/c1-9-4-2-8(3-5-9)13(11,12)7-6-10/h8,10H,2-7H2,1H3. The van der Waals surface area contributed by atoms with Gasteiger partial charge in [-0.25, -0.2) is 8.42 Å². The molecule has 78 valence electrons. The molecule has 5 heteroatoms. The van der Waals surface area contributed by atoms with Gasteiger partial charge in [0.25, 0.3) is 0 Å². The number of piperidine rings is 1. The maximum Gasteiger partial charge on any atom is 0.155 e. The Morgan fingerprint density at radius 1 is 1.38 bits per heavy atom. The molecule has 1 N–H and O–H groups in total. The Hall–Kier alpha value is -0.130. The van der Waals surface area contributed by atoms with E-state index in [1.807, 2.05) is 7.05 Å². The first-order valence-electron chi connectivity index (χ1n) is 4.57. The number of hydrogen-bond donors (Lipinski definition) is 1. The molecule has 1 saturated heterocycles. The van der Waals surface area contributed by atoms with Gasteiger partial charge >= 0.3 is 0 Å². The van der Waals surface area contributed by atoms with Crippen molar-refractivity contribution in [2.75, 3.05) is 32.5 Å². The fraction of sp³-hybridized carbons (Fsp3) is 1.00. The van der Waals surface area contributed by atoms with Gasteiger partial charge in [-0.05, 0) is 33.0 Å². The fourth-order valence-electron chi connectivity index (χ4n) is 1.64. The molecule has 1 aliphatic heterocycles. The van der Waals surface area contributed by atoms with Crippen molar-refractivity contribution in [2.45, 2.75) is 18.1 Å². The minimum absolute atomic E-state index is 0.0820. The summed E-state index contributed by atoms with van der Waals surface area (Å²) in [5.74, 6) is -0.0820. The van der Waals surface area contributed by atoms with Gasteiger partial charge in [0.15, 0.2) is 9.84 Å². The predicted molar refractivity (Wildman–Crippen MR) is 51.4 cm³/mol. The number of likely N-dealkylation sites (tertiary alicyclic amines) is 1. The van der Waals surface area contributed by atoms with Gasteiger partial charge in [0.05, 0.1) is 17.6 Å². The van der Waals surface area contributed by atoms with Crippen LogP contribution in [0, 0.1) is 0 Å². The van der Waals surface area contributed by atoms with E-state index in [9.17, 15) is 8.42 Å². The van der Waals surface area contributed by atoms with Crippen LogP contribution >= 0.6 is 0 Å². The minimum atomic E-state index is -3.03. The summed E-state index contributed by atoms with van der Waals surface area (Å²) < 4.78 is 23.0. The van der Waals surface area contributed by atoms with Gasteiger partial charge in [0.2, 0.25) is 0 Å². The molecule has 0 aromatic carbocycles. The molecule has 1 fully saturated rings. The van der Waals surface area contributed by atoms with Crippen molar-refractivity contribution >= 4 is 9.84 Å². The molecule has 1 aliphatic rings. The highest BCUT2D eigenvalue weighted by Crippen LogP contribution is 2.17. The second-order valence-corrected chi connectivity index (χ2v) is 5.99. The fourth-order valence-corrected chi connectivity index (χ4v) is 3.15. The summed E-state index contributed by atoms with van der Waals surface area (Å²) in [7, 11) is -1.04. The molecule has 0 saturated carbocycles. The Balaban J connectivity index is 2.53. The summed E-state index contributed by atoms with van der Waals surface area (Å²) in [6.45, 7) is 1.43. The highest BCUT2D eigenvalue weighted by molar-refractivity contribution is 7.92. The molecule has 0 radical (unpaired) electrons. The molecule has 0 atom stereocenters. The van der Waals surface area contributed by atoms with Gasteiger partial charge < -0.3 is 10.0 Å². The monoisotopic (exact) mass is 207 g/mol. The molecule has 0 aromatic heterocycles. The van der Waals surface area contributed by atoms with E-state index in [0.29, 0.717) is 12.8 Å². The highest BCUT2D eigenvalue weighted by Gasteiger charge is 2.27. The van der Waals surface area contributed by atoms with Crippen molar-refractivity contribution in [3.8, 4) is 0 Å². The molecule has 1 heterocycles. The summed E-state index contributed by atoms with van der Waals surface area (Å²) in [5, 5.41) is 8.37. The smallest absolute Gasteiger partial charge is 0.155 e. The Morgan fingerprint density at radius 3 is 2.38 bits per heavy atom. The highest BCUT2D eigenvalue weighted by atomic mass is 32.2. The Kier molecular flexibility index (Phi) is 3.70. The first kappa shape index (κ1) is 10.9. The Morgan fingerprint density at radius 2 is 1.92 bits per heavy atom. The maximum atomic E-state index is 11.5. The number of rotatable bonds is 3. The molecule has 13 heavy (non-hydrogen) atoms. The summed E-state index contributed by atoms with van der Waals surface area (Å²) in [6, 6.07) is 0. The van der Waals surface area contributed by atoms with E-state index in [1.165, 1.54) is 0 Å². The second-order valence-electron chi connectivity index (χ2n) is 3.59. The van der Waals surface area contributed by atoms with E-state index in [4.69, 9.17) is 5.11 Å². The number of sulfone groups is 1. The van der Waals surface area contributed by atoms with E-state index in [0.717, 1.165) is 13.1 Å². The van der Waals surface area contributed by atoms with Crippen LogP contribution in [0.2, 0.25) is 0 Å². The molecular formula is C8H17NO3S. The van der Waals surface area contributed by atoms with Crippen LogP contribution in [0.25, 0.3) is 0 Å². The lowest BCUT2D eigenvalue weighted by atomic mass is 10.1. The van der Waals surface area contributed by atoms with E-state index >= 15 is 0 Å². The summed E-state index contributed by atoms with van der Waals surface area (Å²) in [5.41, 5.74) is 0. The Bertz CT molecular complexity index is 242. The minimum Gasteiger partial charge on any atom is -0.395 e. The van der Waals surface area contributed by atoms with Gasteiger partial charge in [-0.3, -0.25) is 0 Å². The third-order valence-electron chi connectivity index (χ3n) is 2.55. The van der Waals surface area contributed by atoms with Gasteiger partial charge in [0, 0.05) is 0 Å². The average Bonchev–Trinajstić information content (AvgIpc) is 2.05. The maximum absolute atomic E-state index is 11.5. The lowest BCUT2D eigenvalue weighted by molar-refractivity contribution is 0.276. The van der Waals surface area contributed by atoms with Crippen LogP contribution in [0.5, 0.6) is 0 Å². The lowest BCUT2D eigenvalue weighted by Gasteiger charge is -2.28. The van der Waals surface area contributed by atoms with Crippen LogP contribution in [-0.4, -0.2) is 56.2 Å². The molecule has 4 nitrogen and oxygen atoms in total. The van der Waals surface area contributed by atoms with Crippen molar-refractivity contribution in [3.63, 3.8) is 0 Å². The molecule has 0 bridgehead atoms. The van der Waals surface area contributed by atoms with E-state index < -0.39 is 9.84 Å². The third kappa shape index (κ3) is 2.93. The topological polar surface area (TPSA) is 57.6 Å². The predicted octanol–water partition coefficient (Wildman–Crippen LogP) is -0.512. The van der Waals surface area contributed by atoms with Gasteiger partial charge in [-0.1, -0.05) is 0 Å². The van der Waals surface area contributed by atoms with Crippen LogP contribution in [0.15, 0.2) is 0 Å². The second kappa shape index (κ2) is 4.39. The number of nitrogens with zero attached hydrogens (tertiary/aromatic N) is 1. The van der Waals surface area contributed by atoms with Crippen LogP contribution < -0.4 is 0 Å². The zero-order chi connectivity index (χ0) is 9.90. The molecular weight excluding hydrogens is 190 g/mol. The van der Waals surface area contributed by atoms with E-state index in [-0.39, 0.29) is 17.6 Å². The average molecular weight is 207 g/mol. The summed E-state index contributed by atoms with van der Waals surface area (Å²) in [6.07, 6.45) is 1.41. The summed E-state index contributed by atoms with van der Waals surface area (Å²) >= 11 is 0. The van der Waals surface area contributed by atoms with E-state index in [2.05, 4.69) is 4.90 Å². The van der Waals surface area contributed by atoms with Crippen LogP contribution in [0.1, 0.15) is 12.8 Å². The van der Waals surface area contributed by atoms with Crippen molar-refractivity contribution in [1.29, 1.82) is 0 Å². The first-order chi connectivity index (χ1) is 6.06. The van der Waals surface area contributed by atoms with Crippen LogP contribution in [0.3, 0.4) is 0 Å². The number of aliphatic hydroxyl groups excluding tert-OH is 1. The van der Waals surface area contributed by atoms with E-state index in [1.54, 1.807) is 0 Å². The molecule has 0 spiro atoms. The van der Waals surface area contributed by atoms with Crippen LogP contribution in [-0.2, 0) is 9.84 Å². The molecule has 0 amide bonds. The molecule has 0 aliphatic carbocycles. The molecule has 0 unspecified atom stereocenters. The van der Waals surface area contributed by atoms with Crippen molar-refractivity contribution in [3.05, 3.63) is 0 Å². The zero-order valence-electron chi connectivity index (χ0n) is 7.94. The van der Waals surface area contributed by atoms with Crippen molar-refractivity contribution in [1.82, 2.24) is 4.90 Å². The first-order valence-corrected chi connectivity index (χ1v) is 6.29. The summed E-state index contributed by atoms with van der Waals surface area (Å²) in [4.78, 5) is 2.13.